The second-order valence-corrected chi connectivity index (χ2v) is 5.64. The summed E-state index contributed by atoms with van der Waals surface area (Å²) in [6, 6.07) is 10.6. The molecule has 0 fully saturated rings. The van der Waals surface area contributed by atoms with E-state index in [-0.39, 0.29) is 17.6 Å². The van der Waals surface area contributed by atoms with Gasteiger partial charge in [0, 0.05) is 10.4 Å². The van der Waals surface area contributed by atoms with E-state index in [0.717, 1.165) is 0 Å². The number of fused-ring (bicyclic) bond motifs is 2. The lowest BCUT2D eigenvalue weighted by Crippen LogP contribution is -1.71. The molecule has 2 aromatic carbocycles. The normalized spacial score (nSPS) is 11.9. The number of aromatic nitrogens is 2. The highest BCUT2D eigenvalue weighted by Crippen LogP contribution is 2.40. The molecule has 0 aliphatic heterocycles. The highest BCUT2D eigenvalue weighted by molar-refractivity contribution is 6.38. The molecule has 8 heteroatoms. The zero-order valence-electron chi connectivity index (χ0n) is 11.4. The molecule has 0 unspecified atom stereocenters. The van der Waals surface area contributed by atoms with Crippen LogP contribution in [0.5, 0.6) is 5.88 Å². The fraction of sp³-hybridized carbons (Fsp3) is 0. The first-order valence-electron chi connectivity index (χ1n) is 6.59. The van der Waals surface area contributed by atoms with Crippen LogP contribution < -0.4 is 0 Å². The van der Waals surface area contributed by atoms with Crippen LogP contribution in [0.1, 0.15) is 0 Å². The Morgan fingerprint density at radius 3 is 2.78 bits per heavy atom. The molecule has 114 valence electrons. The second-order valence-electron chi connectivity index (χ2n) is 4.80. The number of hydrogen-bond acceptors (Lipinski definition) is 5. The number of aromatic amines is 1. The number of hydrogen-bond donors (Lipinski definition) is 2. The largest absolute Gasteiger partial charge is 0.493 e. The van der Waals surface area contributed by atoms with Crippen molar-refractivity contribution in [2.75, 3.05) is 0 Å². The second kappa shape index (κ2) is 5.26. The van der Waals surface area contributed by atoms with Gasteiger partial charge in [-0.3, -0.25) is 0 Å². The van der Waals surface area contributed by atoms with Crippen molar-refractivity contribution in [1.29, 1.82) is 0 Å². The number of oxazole rings is 1. The van der Waals surface area contributed by atoms with Crippen LogP contribution in [0.25, 0.3) is 22.0 Å². The summed E-state index contributed by atoms with van der Waals surface area (Å²) in [5.74, 6) is -0.163. The van der Waals surface area contributed by atoms with Gasteiger partial charge in [-0.15, -0.1) is 5.11 Å². The first kappa shape index (κ1) is 14.0. The molecule has 0 atom stereocenters. The van der Waals surface area contributed by atoms with E-state index in [4.69, 9.17) is 27.6 Å². The molecular weight excluding hydrogens is 339 g/mol. The Labute approximate surface area is 139 Å². The minimum absolute atomic E-state index is 0.0908. The number of azo groups is 1. The summed E-state index contributed by atoms with van der Waals surface area (Å²) >= 11 is 12.1. The van der Waals surface area contributed by atoms with Crippen LogP contribution in [0.2, 0.25) is 10.0 Å². The molecule has 0 amide bonds. The van der Waals surface area contributed by atoms with Gasteiger partial charge in [-0.25, -0.2) is 0 Å². The van der Waals surface area contributed by atoms with E-state index in [1.54, 1.807) is 24.3 Å². The average molecular weight is 347 g/mol. The highest BCUT2D eigenvalue weighted by atomic mass is 35.5. The van der Waals surface area contributed by atoms with Gasteiger partial charge in [0.1, 0.15) is 5.52 Å². The van der Waals surface area contributed by atoms with Crippen LogP contribution in [-0.2, 0) is 0 Å². The lowest BCUT2D eigenvalue weighted by atomic mass is 10.2. The lowest BCUT2D eigenvalue weighted by molar-refractivity contribution is 0.459. The molecule has 2 heterocycles. The summed E-state index contributed by atoms with van der Waals surface area (Å²) in [6.45, 7) is 0. The molecule has 2 aromatic heterocycles. The zero-order valence-corrected chi connectivity index (χ0v) is 12.9. The van der Waals surface area contributed by atoms with Crippen LogP contribution in [0, 0.1) is 0 Å². The van der Waals surface area contributed by atoms with Crippen molar-refractivity contribution in [2.45, 2.75) is 0 Å². The van der Waals surface area contributed by atoms with Crippen molar-refractivity contribution in [2.24, 2.45) is 10.2 Å². The number of para-hydroxylation sites is 2. The Morgan fingerprint density at radius 1 is 1.13 bits per heavy atom. The van der Waals surface area contributed by atoms with E-state index in [2.05, 4.69) is 20.2 Å². The Kier molecular flexibility index (Phi) is 3.21. The summed E-state index contributed by atoms with van der Waals surface area (Å²) in [5, 5.41) is 19.3. The van der Waals surface area contributed by atoms with Gasteiger partial charge < -0.3 is 14.5 Å². The van der Waals surface area contributed by atoms with Gasteiger partial charge >= 0.3 is 6.01 Å². The molecule has 2 N–H and O–H groups in total. The minimum Gasteiger partial charge on any atom is -0.493 e. The van der Waals surface area contributed by atoms with Crippen LogP contribution in [-0.4, -0.2) is 15.1 Å². The summed E-state index contributed by atoms with van der Waals surface area (Å²) in [4.78, 5) is 6.93. The smallest absolute Gasteiger partial charge is 0.341 e. The first-order valence-corrected chi connectivity index (χ1v) is 7.34. The Bertz CT molecular complexity index is 1040. The number of nitrogens with zero attached hydrogens (tertiary/aromatic N) is 3. The van der Waals surface area contributed by atoms with Crippen LogP contribution in [0.4, 0.5) is 11.7 Å². The molecule has 0 aliphatic carbocycles. The standard InChI is InChI=1S/C15H8Cl2N4O2/c16-7-5-8-12(9(17)6-7)19-14(22)13(8)20-21-15-18-10-3-1-2-4-11(10)23-15/h1-6,19,22H. The van der Waals surface area contributed by atoms with Gasteiger partial charge in [0.15, 0.2) is 11.3 Å². The third kappa shape index (κ3) is 2.42. The van der Waals surface area contributed by atoms with Crippen molar-refractivity contribution in [3.8, 4) is 5.88 Å². The van der Waals surface area contributed by atoms with Crippen LogP contribution in [0.15, 0.2) is 51.0 Å². The maximum absolute atomic E-state index is 10.0. The van der Waals surface area contributed by atoms with Crippen LogP contribution >= 0.6 is 23.2 Å². The fourth-order valence-corrected chi connectivity index (χ4v) is 2.83. The van der Waals surface area contributed by atoms with Gasteiger partial charge in [-0.1, -0.05) is 40.4 Å². The summed E-state index contributed by atoms with van der Waals surface area (Å²) in [7, 11) is 0. The van der Waals surface area contributed by atoms with Crippen molar-refractivity contribution in [3.05, 3.63) is 46.4 Å². The van der Waals surface area contributed by atoms with Gasteiger partial charge in [0.05, 0.1) is 10.5 Å². The molecule has 0 radical (unpaired) electrons. The van der Waals surface area contributed by atoms with Gasteiger partial charge in [0.2, 0.25) is 5.88 Å². The Hall–Kier alpha value is -2.57. The van der Waals surface area contributed by atoms with Gasteiger partial charge in [0.25, 0.3) is 0 Å². The molecule has 23 heavy (non-hydrogen) atoms. The maximum Gasteiger partial charge on any atom is 0.341 e. The van der Waals surface area contributed by atoms with E-state index in [1.165, 1.54) is 0 Å². The lowest BCUT2D eigenvalue weighted by Gasteiger charge is -1.95. The van der Waals surface area contributed by atoms with Crippen molar-refractivity contribution < 1.29 is 9.52 Å². The van der Waals surface area contributed by atoms with E-state index in [9.17, 15) is 5.11 Å². The zero-order chi connectivity index (χ0) is 16.0. The number of halogens is 2. The molecule has 0 saturated heterocycles. The van der Waals surface area contributed by atoms with E-state index in [1.807, 2.05) is 12.1 Å². The Morgan fingerprint density at radius 2 is 1.96 bits per heavy atom. The summed E-state index contributed by atoms with van der Waals surface area (Å²) in [6.07, 6.45) is 0. The Balaban J connectivity index is 1.81. The van der Waals surface area contributed by atoms with E-state index < -0.39 is 0 Å². The molecule has 0 spiro atoms. The van der Waals surface area contributed by atoms with Gasteiger partial charge in [-0.2, -0.15) is 4.98 Å². The van der Waals surface area contributed by atoms with Gasteiger partial charge in [-0.05, 0) is 24.3 Å². The van der Waals surface area contributed by atoms with E-state index >= 15 is 0 Å². The molecular formula is C15H8Cl2N4O2. The number of nitrogens with one attached hydrogen (secondary N) is 1. The number of aromatic hydroxyl groups is 1. The monoisotopic (exact) mass is 346 g/mol. The third-order valence-corrected chi connectivity index (χ3v) is 3.81. The molecule has 0 bridgehead atoms. The minimum atomic E-state index is -0.163. The number of H-pyrrole nitrogens is 1. The topological polar surface area (TPSA) is 86.8 Å². The average Bonchev–Trinajstić information content (AvgIpc) is 3.06. The van der Waals surface area contributed by atoms with Crippen molar-refractivity contribution in [1.82, 2.24) is 9.97 Å². The first-order chi connectivity index (χ1) is 11.1. The highest BCUT2D eigenvalue weighted by Gasteiger charge is 2.14. The number of rotatable bonds is 2. The SMILES string of the molecule is Oc1[nH]c2c(Cl)cc(Cl)cc2c1N=Nc1nc2ccccc2o1. The molecule has 0 saturated carbocycles. The quantitative estimate of drug-likeness (QED) is 0.454. The molecule has 4 aromatic rings. The molecule has 6 nitrogen and oxygen atoms in total. The molecule has 0 aliphatic rings. The summed E-state index contributed by atoms with van der Waals surface area (Å²) < 4.78 is 5.45. The number of benzene rings is 2. The predicted molar refractivity (Wildman–Crippen MR) is 88.2 cm³/mol. The van der Waals surface area contributed by atoms with Crippen LogP contribution in [0.3, 0.4) is 0 Å². The predicted octanol–water partition coefficient (Wildman–Crippen LogP) is 5.74. The van der Waals surface area contributed by atoms with Crippen molar-refractivity contribution >= 4 is 56.9 Å². The fourth-order valence-electron chi connectivity index (χ4n) is 2.29. The van der Waals surface area contributed by atoms with E-state index in [0.29, 0.717) is 32.0 Å². The molecule has 4 rings (SSSR count). The maximum atomic E-state index is 10.0. The third-order valence-electron chi connectivity index (χ3n) is 3.30. The van der Waals surface area contributed by atoms with Crippen molar-refractivity contribution in [3.63, 3.8) is 0 Å². The summed E-state index contributed by atoms with van der Waals surface area (Å²) in [5.41, 5.74) is 2.03.